The Bertz CT molecular complexity index is 1940. The Labute approximate surface area is 232 Å². The molecular weight excluding hydrogens is 502 g/mol. The molecule has 5 rings (SSSR count). The van der Waals surface area contributed by atoms with Crippen LogP contribution in [0.25, 0.3) is 32.8 Å². The Morgan fingerprint density at radius 3 is 2.48 bits per heavy atom. The molecule has 0 spiro atoms. The maximum Gasteiger partial charge on any atom is 0.276 e. The minimum atomic E-state index is -0.417. The van der Waals surface area contributed by atoms with E-state index in [1.807, 2.05) is 62.8 Å². The highest BCUT2D eigenvalue weighted by atomic mass is 16.2. The van der Waals surface area contributed by atoms with Gasteiger partial charge in [0.1, 0.15) is 11.5 Å². The number of carbonyl (C=O) groups excluding carboxylic acids is 1. The van der Waals surface area contributed by atoms with Crippen molar-refractivity contribution in [2.45, 2.75) is 33.7 Å². The van der Waals surface area contributed by atoms with E-state index in [2.05, 4.69) is 32.4 Å². The molecule has 0 aliphatic heterocycles. The van der Waals surface area contributed by atoms with Gasteiger partial charge in [-0.05, 0) is 81.9 Å². The number of carbonyl (C=O) groups is 1. The molecule has 4 aromatic heterocycles. The van der Waals surface area contributed by atoms with Crippen LogP contribution < -0.4 is 16.2 Å². The highest BCUT2D eigenvalue weighted by Gasteiger charge is 2.21. The lowest BCUT2D eigenvalue weighted by atomic mass is 10.0. The number of aryl methyl sites for hydroxylation is 4. The number of anilines is 1. The number of amides is 1. The third-order valence-electron chi connectivity index (χ3n) is 7.30. The zero-order chi connectivity index (χ0) is 28.7. The van der Waals surface area contributed by atoms with Crippen LogP contribution in [-0.2, 0) is 18.9 Å². The van der Waals surface area contributed by atoms with Gasteiger partial charge < -0.3 is 10.6 Å². The molecule has 9 nitrogen and oxygen atoms in total. The summed E-state index contributed by atoms with van der Waals surface area (Å²) in [7, 11) is 5.30. The van der Waals surface area contributed by atoms with Gasteiger partial charge in [0.05, 0.1) is 22.6 Å². The number of hydrogen-bond acceptors (Lipinski definition) is 6. The van der Waals surface area contributed by atoms with Gasteiger partial charge in [0.25, 0.3) is 5.56 Å². The minimum Gasteiger partial charge on any atom is -0.309 e. The maximum absolute atomic E-state index is 13.0. The number of pyridine rings is 3. The SMILES string of the molecule is CNC(C)C(=O)Nc1cc(-c2c(C)nc(C)c3c(=O)n(C)n(C)c23)cc(C#Cc2ccc3c(C)nccc3c2)n1. The molecule has 2 N–H and O–H groups in total. The van der Waals surface area contributed by atoms with Crippen molar-refractivity contribution in [3.63, 3.8) is 0 Å². The number of rotatable bonds is 4. The van der Waals surface area contributed by atoms with E-state index in [0.29, 0.717) is 22.6 Å². The average Bonchev–Trinajstić information content (AvgIpc) is 3.15. The van der Waals surface area contributed by atoms with Crippen molar-refractivity contribution in [3.8, 4) is 23.0 Å². The predicted octanol–water partition coefficient (Wildman–Crippen LogP) is 3.75. The quantitative estimate of drug-likeness (QED) is 0.341. The molecule has 0 fully saturated rings. The van der Waals surface area contributed by atoms with Crippen molar-refractivity contribution >= 4 is 33.4 Å². The van der Waals surface area contributed by atoms with Crippen LogP contribution in [0.4, 0.5) is 5.82 Å². The second kappa shape index (κ2) is 10.4. The van der Waals surface area contributed by atoms with E-state index < -0.39 is 6.04 Å². The van der Waals surface area contributed by atoms with Crippen molar-refractivity contribution < 1.29 is 4.79 Å². The van der Waals surface area contributed by atoms with Gasteiger partial charge >= 0.3 is 0 Å². The summed E-state index contributed by atoms with van der Waals surface area (Å²) in [5, 5.41) is 8.54. The molecule has 5 aromatic rings. The van der Waals surface area contributed by atoms with Crippen LogP contribution in [-0.4, -0.2) is 43.3 Å². The van der Waals surface area contributed by atoms with Gasteiger partial charge in [0.15, 0.2) is 0 Å². The summed E-state index contributed by atoms with van der Waals surface area (Å²) in [4.78, 5) is 39.5. The first-order chi connectivity index (χ1) is 19.1. The zero-order valence-electron chi connectivity index (χ0n) is 23.7. The van der Waals surface area contributed by atoms with Crippen LogP contribution in [0.2, 0.25) is 0 Å². The Kier molecular flexibility index (Phi) is 6.96. The van der Waals surface area contributed by atoms with E-state index in [-0.39, 0.29) is 11.5 Å². The Morgan fingerprint density at radius 1 is 0.950 bits per heavy atom. The standard InChI is InChI=1S/C31H31N7O2/c1-17-25-11-9-21(14-22(25)12-13-33-17)8-10-24-15-23(16-26(35-24)36-30(39)20(4)32-5)27-18(2)34-19(3)28-29(27)37(6)38(7)31(28)40/h9,11-16,20,32H,1-7H3,(H,35,36,39). The topological polar surface area (TPSA) is 107 Å². The fourth-order valence-electron chi connectivity index (χ4n) is 4.92. The molecule has 40 heavy (non-hydrogen) atoms. The Balaban J connectivity index is 1.69. The molecule has 1 aromatic carbocycles. The van der Waals surface area contributed by atoms with Gasteiger partial charge in [0, 0.05) is 48.2 Å². The summed E-state index contributed by atoms with van der Waals surface area (Å²) in [5.74, 6) is 6.54. The minimum absolute atomic E-state index is 0.115. The van der Waals surface area contributed by atoms with E-state index in [9.17, 15) is 9.59 Å². The van der Waals surface area contributed by atoms with E-state index in [0.717, 1.165) is 44.4 Å². The molecule has 0 aliphatic carbocycles. The molecule has 0 radical (unpaired) electrons. The number of fused-ring (bicyclic) bond motifs is 2. The number of likely N-dealkylation sites (N-methyl/N-ethyl adjacent to an activating group) is 1. The van der Waals surface area contributed by atoms with Gasteiger partial charge in [-0.3, -0.25) is 28.9 Å². The van der Waals surface area contributed by atoms with E-state index >= 15 is 0 Å². The normalized spacial score (nSPS) is 11.9. The lowest BCUT2D eigenvalue weighted by Crippen LogP contribution is -2.35. The molecule has 4 heterocycles. The van der Waals surface area contributed by atoms with Crippen molar-refractivity contribution in [3.05, 3.63) is 81.3 Å². The number of hydrogen-bond donors (Lipinski definition) is 2. The summed E-state index contributed by atoms with van der Waals surface area (Å²) >= 11 is 0. The van der Waals surface area contributed by atoms with Crippen molar-refractivity contribution in [1.82, 2.24) is 29.6 Å². The monoisotopic (exact) mass is 533 g/mol. The maximum atomic E-state index is 13.0. The first-order valence-corrected chi connectivity index (χ1v) is 13.0. The lowest BCUT2D eigenvalue weighted by molar-refractivity contribution is -0.117. The molecule has 0 saturated heterocycles. The third kappa shape index (κ3) is 4.74. The summed E-state index contributed by atoms with van der Waals surface area (Å²) in [6.45, 7) is 7.51. The van der Waals surface area contributed by atoms with E-state index in [4.69, 9.17) is 4.98 Å². The number of benzene rings is 1. The molecule has 0 aliphatic rings. The molecule has 1 amide bonds. The van der Waals surface area contributed by atoms with Crippen LogP contribution in [0, 0.1) is 32.6 Å². The molecule has 0 bridgehead atoms. The summed E-state index contributed by atoms with van der Waals surface area (Å²) in [6.07, 6.45) is 1.79. The van der Waals surface area contributed by atoms with Gasteiger partial charge in [0.2, 0.25) is 5.91 Å². The van der Waals surface area contributed by atoms with Crippen molar-refractivity contribution in [2.75, 3.05) is 12.4 Å². The molecule has 1 unspecified atom stereocenters. The fraction of sp³-hybridized carbons (Fsp3) is 0.258. The van der Waals surface area contributed by atoms with Gasteiger partial charge in [-0.25, -0.2) is 4.98 Å². The average molecular weight is 534 g/mol. The summed E-state index contributed by atoms with van der Waals surface area (Å²) < 4.78 is 3.39. The first kappa shape index (κ1) is 26.8. The second-order valence-electron chi connectivity index (χ2n) is 9.94. The number of nitrogens with zero attached hydrogens (tertiary/aromatic N) is 5. The van der Waals surface area contributed by atoms with Gasteiger partial charge in [-0.15, -0.1) is 0 Å². The lowest BCUT2D eigenvalue weighted by Gasteiger charge is -2.14. The first-order valence-electron chi connectivity index (χ1n) is 13.0. The largest absolute Gasteiger partial charge is 0.309 e. The molecule has 202 valence electrons. The third-order valence-corrected chi connectivity index (χ3v) is 7.30. The van der Waals surface area contributed by atoms with Crippen molar-refractivity contribution in [1.29, 1.82) is 0 Å². The van der Waals surface area contributed by atoms with Gasteiger partial charge in [-0.2, -0.15) is 0 Å². The zero-order valence-corrected chi connectivity index (χ0v) is 23.7. The molecule has 0 saturated carbocycles. The predicted molar refractivity (Wildman–Crippen MR) is 158 cm³/mol. The summed E-state index contributed by atoms with van der Waals surface area (Å²) in [5.41, 5.74) is 5.90. The molecular formula is C31H31N7O2. The van der Waals surface area contributed by atoms with E-state index in [1.165, 1.54) is 0 Å². The Morgan fingerprint density at radius 2 is 1.73 bits per heavy atom. The highest BCUT2D eigenvalue weighted by molar-refractivity contribution is 5.98. The van der Waals surface area contributed by atoms with Crippen LogP contribution in [0.3, 0.4) is 0 Å². The van der Waals surface area contributed by atoms with Crippen molar-refractivity contribution in [2.24, 2.45) is 14.1 Å². The number of aromatic nitrogens is 5. The smallest absolute Gasteiger partial charge is 0.276 e. The van der Waals surface area contributed by atoms with Crippen LogP contribution in [0.1, 0.15) is 35.3 Å². The van der Waals surface area contributed by atoms with E-state index in [1.54, 1.807) is 38.0 Å². The molecule has 1 atom stereocenters. The van der Waals surface area contributed by atoms with Gasteiger partial charge in [-0.1, -0.05) is 12.0 Å². The number of nitrogens with one attached hydrogen (secondary N) is 2. The fourth-order valence-corrected chi connectivity index (χ4v) is 4.92. The Hall–Kier alpha value is -4.81. The highest BCUT2D eigenvalue weighted by Crippen LogP contribution is 2.32. The van der Waals surface area contributed by atoms with Crippen LogP contribution >= 0.6 is 0 Å². The molecule has 9 heteroatoms. The second-order valence-corrected chi connectivity index (χ2v) is 9.94. The van der Waals surface area contributed by atoms with Crippen LogP contribution in [0.15, 0.2) is 47.4 Å². The van der Waals surface area contributed by atoms with Crippen LogP contribution in [0.5, 0.6) is 0 Å². The summed E-state index contributed by atoms with van der Waals surface area (Å²) in [6, 6.07) is 11.2.